The summed E-state index contributed by atoms with van der Waals surface area (Å²) >= 11 is 12.0. The molecule has 0 aliphatic heterocycles. The van der Waals surface area contributed by atoms with Gasteiger partial charge in [0.1, 0.15) is 5.69 Å². The maximum atomic E-state index is 13.2. The molecule has 0 spiro atoms. The second-order valence-corrected chi connectivity index (χ2v) is 7.52. The number of amides is 1. The Hall–Kier alpha value is -3.08. The number of rotatable bonds is 4. The molecular weight excluding hydrogens is 407 g/mol. The molecule has 2 heterocycles. The molecule has 0 radical (unpaired) electrons. The molecule has 2 aromatic carbocycles. The SMILES string of the molecule is Cc1ccc(-c2cc3ccccn3c2C(=O)C(=O)Nc2ccc(Cl)cc2Cl)cc1. The molecule has 2 aromatic heterocycles. The van der Waals surface area contributed by atoms with Crippen molar-refractivity contribution >= 4 is 46.1 Å². The predicted molar refractivity (Wildman–Crippen MR) is 117 cm³/mol. The normalized spacial score (nSPS) is 10.9. The van der Waals surface area contributed by atoms with Gasteiger partial charge in [0.25, 0.3) is 11.7 Å². The van der Waals surface area contributed by atoms with Crippen LogP contribution in [0.25, 0.3) is 16.6 Å². The highest BCUT2D eigenvalue weighted by Gasteiger charge is 2.25. The van der Waals surface area contributed by atoms with Crippen LogP contribution in [0, 0.1) is 6.92 Å². The van der Waals surface area contributed by atoms with Crippen molar-refractivity contribution in [2.45, 2.75) is 6.92 Å². The summed E-state index contributed by atoms with van der Waals surface area (Å²) in [5, 5.41) is 3.29. The van der Waals surface area contributed by atoms with Gasteiger partial charge in [0.15, 0.2) is 0 Å². The number of carbonyl (C=O) groups excluding carboxylic acids is 2. The summed E-state index contributed by atoms with van der Waals surface area (Å²) in [6, 6.07) is 20.0. The van der Waals surface area contributed by atoms with Gasteiger partial charge in [-0.3, -0.25) is 9.59 Å². The maximum Gasteiger partial charge on any atom is 0.298 e. The van der Waals surface area contributed by atoms with Gasteiger partial charge < -0.3 is 9.72 Å². The highest BCUT2D eigenvalue weighted by atomic mass is 35.5. The van der Waals surface area contributed by atoms with Crippen LogP contribution in [0.5, 0.6) is 0 Å². The van der Waals surface area contributed by atoms with Crippen LogP contribution in [0.1, 0.15) is 16.1 Å². The smallest absolute Gasteiger partial charge is 0.298 e. The Morgan fingerprint density at radius 1 is 0.931 bits per heavy atom. The molecule has 0 atom stereocenters. The minimum absolute atomic E-state index is 0.262. The van der Waals surface area contributed by atoms with E-state index in [1.54, 1.807) is 22.7 Å². The Morgan fingerprint density at radius 2 is 1.69 bits per heavy atom. The first-order valence-electron chi connectivity index (χ1n) is 8.92. The lowest BCUT2D eigenvalue weighted by Gasteiger charge is -2.09. The molecule has 0 saturated heterocycles. The molecule has 0 bridgehead atoms. The van der Waals surface area contributed by atoms with Crippen LogP contribution in [-0.4, -0.2) is 16.1 Å². The molecule has 0 unspecified atom stereocenters. The lowest BCUT2D eigenvalue weighted by atomic mass is 10.0. The van der Waals surface area contributed by atoms with Crippen LogP contribution in [0.2, 0.25) is 10.0 Å². The van der Waals surface area contributed by atoms with E-state index in [-0.39, 0.29) is 5.02 Å². The maximum absolute atomic E-state index is 13.2. The zero-order valence-electron chi connectivity index (χ0n) is 15.4. The number of anilines is 1. The fourth-order valence-electron chi connectivity index (χ4n) is 3.19. The molecule has 6 heteroatoms. The second kappa shape index (κ2) is 7.74. The van der Waals surface area contributed by atoms with Gasteiger partial charge in [-0.15, -0.1) is 0 Å². The van der Waals surface area contributed by atoms with Crippen molar-refractivity contribution in [3.05, 3.63) is 94.2 Å². The van der Waals surface area contributed by atoms with Crippen molar-refractivity contribution in [2.24, 2.45) is 0 Å². The summed E-state index contributed by atoms with van der Waals surface area (Å²) in [5.41, 5.74) is 4.11. The Balaban J connectivity index is 1.77. The number of hydrogen-bond acceptors (Lipinski definition) is 2. The topological polar surface area (TPSA) is 50.6 Å². The molecule has 4 rings (SSSR count). The van der Waals surface area contributed by atoms with E-state index < -0.39 is 11.7 Å². The van der Waals surface area contributed by atoms with E-state index in [4.69, 9.17) is 23.2 Å². The third-order valence-electron chi connectivity index (χ3n) is 4.64. The van der Waals surface area contributed by atoms with Gasteiger partial charge in [-0.25, -0.2) is 0 Å². The highest BCUT2D eigenvalue weighted by Crippen LogP contribution is 2.30. The van der Waals surface area contributed by atoms with Crippen molar-refractivity contribution in [1.82, 2.24) is 4.40 Å². The summed E-state index contributed by atoms with van der Waals surface area (Å²) in [6.07, 6.45) is 1.77. The number of ketones is 1. The largest absolute Gasteiger partial charge is 0.318 e. The molecule has 0 saturated carbocycles. The van der Waals surface area contributed by atoms with Crippen LogP contribution < -0.4 is 5.32 Å². The number of aromatic nitrogens is 1. The lowest BCUT2D eigenvalue weighted by molar-refractivity contribution is -0.112. The number of aryl methyl sites for hydroxylation is 1. The Morgan fingerprint density at radius 3 is 2.41 bits per heavy atom. The zero-order valence-corrected chi connectivity index (χ0v) is 17.0. The molecule has 29 heavy (non-hydrogen) atoms. The molecule has 0 fully saturated rings. The average molecular weight is 423 g/mol. The van der Waals surface area contributed by atoms with E-state index in [2.05, 4.69) is 5.32 Å². The number of hydrogen-bond donors (Lipinski definition) is 1. The minimum atomic E-state index is -0.772. The Kier molecular flexibility index (Phi) is 5.14. The van der Waals surface area contributed by atoms with Gasteiger partial charge in [0, 0.05) is 22.3 Å². The minimum Gasteiger partial charge on any atom is -0.318 e. The van der Waals surface area contributed by atoms with Crippen molar-refractivity contribution in [3.63, 3.8) is 0 Å². The standard InChI is InChI=1S/C23H16Cl2N2O2/c1-14-5-7-15(8-6-14)18-13-17-4-2-3-11-27(17)21(18)22(28)23(29)26-20-10-9-16(24)12-19(20)25/h2-13H,1H3,(H,26,29). The first-order valence-corrected chi connectivity index (χ1v) is 9.67. The van der Waals surface area contributed by atoms with Crippen LogP contribution in [-0.2, 0) is 4.79 Å². The number of carbonyl (C=O) groups is 2. The number of Topliss-reactive ketones (excluding diaryl/α,β-unsaturated/α-hetero) is 1. The van der Waals surface area contributed by atoms with Crippen LogP contribution in [0.4, 0.5) is 5.69 Å². The average Bonchev–Trinajstić information content (AvgIpc) is 3.09. The van der Waals surface area contributed by atoms with E-state index in [1.807, 2.05) is 55.5 Å². The van der Waals surface area contributed by atoms with E-state index in [1.165, 1.54) is 6.07 Å². The summed E-state index contributed by atoms with van der Waals surface area (Å²) in [4.78, 5) is 25.9. The number of nitrogens with one attached hydrogen (secondary N) is 1. The molecule has 1 N–H and O–H groups in total. The predicted octanol–water partition coefficient (Wildman–Crippen LogP) is 6.04. The Bertz CT molecular complexity index is 1240. The van der Waals surface area contributed by atoms with Crippen molar-refractivity contribution < 1.29 is 9.59 Å². The molecule has 0 aliphatic carbocycles. The van der Waals surface area contributed by atoms with Gasteiger partial charge in [-0.2, -0.15) is 0 Å². The number of pyridine rings is 1. The van der Waals surface area contributed by atoms with Crippen molar-refractivity contribution in [3.8, 4) is 11.1 Å². The molecule has 4 aromatic rings. The van der Waals surface area contributed by atoms with E-state index in [9.17, 15) is 9.59 Å². The fourth-order valence-corrected chi connectivity index (χ4v) is 3.64. The molecule has 0 aliphatic rings. The van der Waals surface area contributed by atoms with E-state index >= 15 is 0 Å². The van der Waals surface area contributed by atoms with Gasteiger partial charge in [0.2, 0.25) is 0 Å². The summed E-state index contributed by atoms with van der Waals surface area (Å²) in [5.74, 6) is -1.43. The molecular formula is C23H16Cl2N2O2. The zero-order chi connectivity index (χ0) is 20.5. The number of nitrogens with zero attached hydrogens (tertiary/aromatic N) is 1. The van der Waals surface area contributed by atoms with Crippen LogP contribution >= 0.6 is 23.2 Å². The first-order chi connectivity index (χ1) is 13.9. The molecule has 144 valence electrons. The third kappa shape index (κ3) is 3.77. The van der Waals surface area contributed by atoms with E-state index in [0.29, 0.717) is 22.0 Å². The lowest BCUT2D eigenvalue weighted by Crippen LogP contribution is -2.24. The first kappa shape index (κ1) is 19.2. The van der Waals surface area contributed by atoms with Gasteiger partial charge >= 0.3 is 0 Å². The van der Waals surface area contributed by atoms with E-state index in [0.717, 1.165) is 16.6 Å². The quantitative estimate of drug-likeness (QED) is 0.321. The number of halogens is 2. The van der Waals surface area contributed by atoms with Crippen molar-refractivity contribution in [1.29, 1.82) is 0 Å². The fraction of sp³-hybridized carbons (Fsp3) is 0.0435. The van der Waals surface area contributed by atoms with Crippen LogP contribution in [0.15, 0.2) is 72.9 Å². The summed E-state index contributed by atoms with van der Waals surface area (Å²) < 4.78 is 1.72. The Labute approximate surface area is 177 Å². The van der Waals surface area contributed by atoms with Gasteiger partial charge in [-0.1, -0.05) is 59.1 Å². The van der Waals surface area contributed by atoms with Gasteiger partial charge in [-0.05, 0) is 48.9 Å². The highest BCUT2D eigenvalue weighted by molar-refractivity contribution is 6.48. The van der Waals surface area contributed by atoms with Crippen LogP contribution in [0.3, 0.4) is 0 Å². The number of fused-ring (bicyclic) bond motifs is 1. The molecule has 1 amide bonds. The van der Waals surface area contributed by atoms with Crippen molar-refractivity contribution in [2.75, 3.05) is 5.32 Å². The summed E-state index contributed by atoms with van der Waals surface area (Å²) in [6.45, 7) is 2.00. The molecule has 4 nitrogen and oxygen atoms in total. The third-order valence-corrected chi connectivity index (χ3v) is 5.19. The van der Waals surface area contributed by atoms with Gasteiger partial charge in [0.05, 0.1) is 10.7 Å². The second-order valence-electron chi connectivity index (χ2n) is 6.68. The number of benzene rings is 2. The monoisotopic (exact) mass is 422 g/mol. The summed E-state index contributed by atoms with van der Waals surface area (Å²) in [7, 11) is 0.